The van der Waals surface area contributed by atoms with Crippen LogP contribution in [0, 0.1) is 0 Å². The van der Waals surface area contributed by atoms with Crippen molar-refractivity contribution in [1.82, 2.24) is 0 Å². The largest absolute Gasteiger partial charge is 0.387 e. The standard InChI is InChI=1S/C15H24O3/c1-4-17-10-11-18-13(2)15(3,16)12-14-8-6-5-7-9-14/h5-9,13,16H,4,10-12H2,1-3H3. The van der Waals surface area contributed by atoms with E-state index < -0.39 is 5.60 Å². The molecular formula is C15H24O3. The van der Waals surface area contributed by atoms with Crippen LogP contribution in [0.5, 0.6) is 0 Å². The van der Waals surface area contributed by atoms with Crippen molar-refractivity contribution < 1.29 is 14.6 Å². The van der Waals surface area contributed by atoms with Crippen LogP contribution in [-0.4, -0.2) is 36.6 Å². The van der Waals surface area contributed by atoms with Gasteiger partial charge in [0.2, 0.25) is 0 Å². The fraction of sp³-hybridized carbons (Fsp3) is 0.600. The van der Waals surface area contributed by atoms with Crippen LogP contribution in [0.2, 0.25) is 0 Å². The summed E-state index contributed by atoms with van der Waals surface area (Å²) in [5, 5.41) is 10.4. The Hall–Kier alpha value is -0.900. The highest BCUT2D eigenvalue weighted by molar-refractivity contribution is 5.17. The van der Waals surface area contributed by atoms with Crippen molar-refractivity contribution in [2.24, 2.45) is 0 Å². The predicted molar refractivity (Wildman–Crippen MR) is 72.7 cm³/mol. The molecule has 0 radical (unpaired) electrons. The molecule has 2 unspecified atom stereocenters. The van der Waals surface area contributed by atoms with Crippen LogP contribution >= 0.6 is 0 Å². The quantitative estimate of drug-likeness (QED) is 0.722. The van der Waals surface area contributed by atoms with Gasteiger partial charge in [0, 0.05) is 13.0 Å². The molecule has 0 amide bonds. The molecule has 1 aromatic rings. The van der Waals surface area contributed by atoms with Gasteiger partial charge in [-0.1, -0.05) is 30.3 Å². The molecule has 102 valence electrons. The second-order valence-electron chi connectivity index (χ2n) is 4.73. The lowest BCUT2D eigenvalue weighted by Crippen LogP contribution is -2.41. The van der Waals surface area contributed by atoms with Gasteiger partial charge in [-0.05, 0) is 26.3 Å². The Labute approximate surface area is 110 Å². The molecule has 3 nitrogen and oxygen atoms in total. The van der Waals surface area contributed by atoms with Gasteiger partial charge in [0.1, 0.15) is 0 Å². The third-order valence-corrected chi connectivity index (χ3v) is 3.08. The zero-order chi connectivity index (χ0) is 13.4. The highest BCUT2D eigenvalue weighted by Crippen LogP contribution is 2.19. The smallest absolute Gasteiger partial charge is 0.0917 e. The Kier molecular flexibility index (Phi) is 6.33. The lowest BCUT2D eigenvalue weighted by molar-refractivity contribution is -0.0986. The summed E-state index contributed by atoms with van der Waals surface area (Å²) in [6.45, 7) is 7.44. The molecule has 0 aliphatic rings. The summed E-state index contributed by atoms with van der Waals surface area (Å²) in [7, 11) is 0. The monoisotopic (exact) mass is 252 g/mol. The third kappa shape index (κ3) is 5.17. The number of rotatable bonds is 8. The fourth-order valence-corrected chi connectivity index (χ4v) is 1.76. The molecule has 0 heterocycles. The van der Waals surface area contributed by atoms with Crippen LogP contribution in [0.1, 0.15) is 26.3 Å². The molecule has 0 bridgehead atoms. The minimum absolute atomic E-state index is 0.224. The molecule has 0 saturated carbocycles. The van der Waals surface area contributed by atoms with Gasteiger partial charge in [0.25, 0.3) is 0 Å². The normalized spacial score (nSPS) is 16.2. The van der Waals surface area contributed by atoms with Crippen molar-refractivity contribution in [3.63, 3.8) is 0 Å². The molecule has 3 heteroatoms. The zero-order valence-corrected chi connectivity index (χ0v) is 11.6. The van der Waals surface area contributed by atoms with Gasteiger partial charge in [-0.2, -0.15) is 0 Å². The van der Waals surface area contributed by atoms with Gasteiger partial charge in [-0.25, -0.2) is 0 Å². The van der Waals surface area contributed by atoms with Crippen LogP contribution in [0.3, 0.4) is 0 Å². The van der Waals surface area contributed by atoms with E-state index >= 15 is 0 Å². The van der Waals surface area contributed by atoms with Crippen molar-refractivity contribution in [3.8, 4) is 0 Å². The van der Waals surface area contributed by atoms with Gasteiger partial charge >= 0.3 is 0 Å². The minimum atomic E-state index is -0.867. The van der Waals surface area contributed by atoms with Gasteiger partial charge in [-0.15, -0.1) is 0 Å². The topological polar surface area (TPSA) is 38.7 Å². The Morgan fingerprint density at radius 1 is 1.22 bits per heavy atom. The van der Waals surface area contributed by atoms with Crippen molar-refractivity contribution in [2.45, 2.75) is 38.9 Å². The molecule has 0 aliphatic heterocycles. The Morgan fingerprint density at radius 2 is 1.89 bits per heavy atom. The van der Waals surface area contributed by atoms with Crippen molar-refractivity contribution >= 4 is 0 Å². The predicted octanol–water partition coefficient (Wildman–Crippen LogP) is 2.42. The average Bonchev–Trinajstić information content (AvgIpc) is 2.35. The maximum absolute atomic E-state index is 10.4. The third-order valence-electron chi connectivity index (χ3n) is 3.08. The molecule has 0 fully saturated rings. The summed E-state index contributed by atoms with van der Waals surface area (Å²) in [5.74, 6) is 0. The first kappa shape index (κ1) is 15.2. The van der Waals surface area contributed by atoms with Crippen molar-refractivity contribution in [3.05, 3.63) is 35.9 Å². The number of ether oxygens (including phenoxy) is 2. The van der Waals surface area contributed by atoms with Gasteiger partial charge in [-0.3, -0.25) is 0 Å². The van der Waals surface area contributed by atoms with Gasteiger partial charge < -0.3 is 14.6 Å². The summed E-state index contributed by atoms with van der Waals surface area (Å²) in [4.78, 5) is 0. The molecule has 0 spiro atoms. The van der Waals surface area contributed by atoms with E-state index in [0.29, 0.717) is 26.2 Å². The maximum atomic E-state index is 10.4. The second kappa shape index (κ2) is 7.52. The van der Waals surface area contributed by atoms with E-state index in [1.54, 1.807) is 0 Å². The summed E-state index contributed by atoms with van der Waals surface area (Å²) in [5.41, 5.74) is 0.246. The van der Waals surface area contributed by atoms with E-state index in [1.165, 1.54) is 0 Å². The molecule has 0 saturated heterocycles. The van der Waals surface area contributed by atoms with Crippen LogP contribution in [0.15, 0.2) is 30.3 Å². The Morgan fingerprint density at radius 3 is 2.50 bits per heavy atom. The van der Waals surface area contributed by atoms with E-state index in [1.807, 2.05) is 51.1 Å². The number of hydrogen-bond donors (Lipinski definition) is 1. The van der Waals surface area contributed by atoms with Gasteiger partial charge in [0.15, 0.2) is 0 Å². The van der Waals surface area contributed by atoms with E-state index in [0.717, 1.165) is 5.56 Å². The first-order valence-electron chi connectivity index (χ1n) is 6.52. The lowest BCUT2D eigenvalue weighted by atomic mass is 9.92. The molecular weight excluding hydrogens is 228 g/mol. The van der Waals surface area contributed by atoms with Crippen molar-refractivity contribution in [1.29, 1.82) is 0 Å². The van der Waals surface area contributed by atoms with Crippen LogP contribution in [0.4, 0.5) is 0 Å². The summed E-state index contributed by atoms with van der Waals surface area (Å²) in [6.07, 6.45) is 0.363. The highest BCUT2D eigenvalue weighted by Gasteiger charge is 2.29. The maximum Gasteiger partial charge on any atom is 0.0917 e. The summed E-state index contributed by atoms with van der Waals surface area (Å²) in [6, 6.07) is 9.96. The Balaban J connectivity index is 2.42. The first-order valence-corrected chi connectivity index (χ1v) is 6.52. The van der Waals surface area contributed by atoms with Crippen LogP contribution in [0.25, 0.3) is 0 Å². The number of hydrogen-bond acceptors (Lipinski definition) is 3. The number of benzene rings is 1. The SMILES string of the molecule is CCOCCOC(C)C(C)(O)Cc1ccccc1. The zero-order valence-electron chi connectivity index (χ0n) is 11.6. The van der Waals surface area contributed by atoms with E-state index in [9.17, 15) is 5.11 Å². The van der Waals surface area contributed by atoms with Gasteiger partial charge in [0.05, 0.1) is 24.9 Å². The molecule has 1 N–H and O–H groups in total. The number of aliphatic hydroxyl groups is 1. The first-order chi connectivity index (χ1) is 8.56. The molecule has 0 aliphatic carbocycles. The summed E-state index contributed by atoms with van der Waals surface area (Å²) < 4.78 is 10.8. The second-order valence-corrected chi connectivity index (χ2v) is 4.73. The molecule has 0 aromatic heterocycles. The van der Waals surface area contributed by atoms with E-state index in [4.69, 9.17) is 9.47 Å². The van der Waals surface area contributed by atoms with E-state index in [2.05, 4.69) is 0 Å². The summed E-state index contributed by atoms with van der Waals surface area (Å²) >= 11 is 0. The fourth-order valence-electron chi connectivity index (χ4n) is 1.76. The van der Waals surface area contributed by atoms with E-state index in [-0.39, 0.29) is 6.10 Å². The molecule has 2 atom stereocenters. The van der Waals surface area contributed by atoms with Crippen molar-refractivity contribution in [2.75, 3.05) is 19.8 Å². The molecule has 1 aromatic carbocycles. The molecule has 1 rings (SSSR count). The molecule has 18 heavy (non-hydrogen) atoms. The lowest BCUT2D eigenvalue weighted by Gasteiger charge is -2.30. The highest BCUT2D eigenvalue weighted by atomic mass is 16.5. The van der Waals surface area contributed by atoms with Crippen LogP contribution in [-0.2, 0) is 15.9 Å². The Bertz CT molecular complexity index is 322. The minimum Gasteiger partial charge on any atom is -0.387 e. The van der Waals surface area contributed by atoms with Crippen LogP contribution < -0.4 is 0 Å². The average molecular weight is 252 g/mol.